The number of rotatable bonds is 4. The summed E-state index contributed by atoms with van der Waals surface area (Å²) in [6, 6.07) is 0. The van der Waals surface area contributed by atoms with Crippen molar-refractivity contribution in [2.75, 3.05) is 0 Å². The molecule has 1 fully saturated rings. The molecule has 15 heavy (non-hydrogen) atoms. The Morgan fingerprint density at radius 2 is 1.67 bits per heavy atom. The number of carbonyl (C=O) groups excluding carboxylic acids is 2. The molecule has 1 aliphatic carbocycles. The Balaban J connectivity index is 0.00000196. The van der Waals surface area contributed by atoms with Crippen molar-refractivity contribution in [3.8, 4) is 0 Å². The van der Waals surface area contributed by atoms with E-state index in [1.807, 2.05) is 0 Å². The summed E-state index contributed by atoms with van der Waals surface area (Å²) in [6.07, 6.45) is 5.42. The zero-order valence-corrected chi connectivity index (χ0v) is 11.3. The van der Waals surface area contributed by atoms with Gasteiger partial charge in [-0.15, -0.1) is 0 Å². The molecule has 0 aliphatic heterocycles. The van der Waals surface area contributed by atoms with Gasteiger partial charge in [0, 0.05) is 12.3 Å². The molecule has 0 spiro atoms. The van der Waals surface area contributed by atoms with Gasteiger partial charge in [0.1, 0.15) is 0 Å². The predicted octanol–water partition coefficient (Wildman–Crippen LogP) is -1.21. The van der Waals surface area contributed by atoms with Crippen LogP contribution in [-0.4, -0.2) is 11.8 Å². The molecule has 0 aromatic heterocycles. The molecule has 0 unspecified atom stereocenters. The Bertz CT molecular complexity index is 220. The summed E-state index contributed by atoms with van der Waals surface area (Å²) >= 11 is 0. The Morgan fingerprint density at radius 3 is 2.07 bits per heavy atom. The van der Waals surface area contributed by atoms with Gasteiger partial charge < -0.3 is 16.3 Å². The van der Waals surface area contributed by atoms with Crippen LogP contribution >= 0.6 is 0 Å². The molecule has 1 aliphatic rings. The molecule has 5 heteroatoms. The number of amides is 2. The van der Waals surface area contributed by atoms with Gasteiger partial charge in [-0.3, -0.25) is 4.79 Å². The molecule has 1 rings (SSSR count). The van der Waals surface area contributed by atoms with Gasteiger partial charge in [0.05, 0.1) is 0 Å². The molecule has 1 saturated carbocycles. The first-order chi connectivity index (χ1) is 6.54. The van der Waals surface area contributed by atoms with E-state index in [1.54, 1.807) is 0 Å². The van der Waals surface area contributed by atoms with Crippen LogP contribution in [0, 0.1) is 5.41 Å². The van der Waals surface area contributed by atoms with Crippen molar-refractivity contribution >= 4 is 11.8 Å². The van der Waals surface area contributed by atoms with Crippen LogP contribution in [0.5, 0.6) is 0 Å². The average molecular weight is 220 g/mol. The topological polar surface area (TPSA) is 84.0 Å². The van der Waals surface area contributed by atoms with Crippen molar-refractivity contribution in [2.24, 2.45) is 11.1 Å². The minimum absolute atomic E-state index is 0. The van der Waals surface area contributed by atoms with Crippen molar-refractivity contribution in [1.29, 1.82) is 0 Å². The van der Waals surface area contributed by atoms with Crippen LogP contribution in [0.2, 0.25) is 0 Å². The quantitative estimate of drug-likeness (QED) is 0.603. The number of primary amides is 1. The maximum absolute atomic E-state index is 10.9. The number of hydrogen-bond donors (Lipinski definition) is 1. The van der Waals surface area contributed by atoms with Crippen molar-refractivity contribution in [1.82, 2.24) is 0 Å². The summed E-state index contributed by atoms with van der Waals surface area (Å²) in [7, 11) is 0. The van der Waals surface area contributed by atoms with E-state index in [0.717, 1.165) is 32.1 Å². The average Bonchev–Trinajstić information content (AvgIpc) is 2.01. The molecule has 0 bridgehead atoms. The fourth-order valence-electron chi connectivity index (χ4n) is 2.43. The molecular weight excluding hydrogens is 203 g/mol. The number of nitrogens with two attached hydrogens (primary N) is 1. The maximum atomic E-state index is 10.9. The third-order valence-corrected chi connectivity index (χ3v) is 3.00. The second-order valence-electron chi connectivity index (χ2n) is 4.30. The third kappa shape index (κ3) is 5.00. The van der Waals surface area contributed by atoms with E-state index < -0.39 is 5.91 Å². The molecule has 0 heterocycles. The van der Waals surface area contributed by atoms with Crippen LogP contribution in [0.1, 0.15) is 44.9 Å². The molecule has 0 radical (unpaired) electrons. The first-order valence-corrected chi connectivity index (χ1v) is 5.07. The van der Waals surface area contributed by atoms with Crippen LogP contribution in [0.25, 0.3) is 5.73 Å². The van der Waals surface area contributed by atoms with E-state index in [1.165, 1.54) is 0 Å². The molecule has 0 atom stereocenters. The van der Waals surface area contributed by atoms with Gasteiger partial charge >= 0.3 is 29.6 Å². The first kappa shape index (κ1) is 14.9. The van der Waals surface area contributed by atoms with Crippen LogP contribution < -0.4 is 35.3 Å². The zero-order chi connectivity index (χ0) is 10.6. The Labute approximate surface area is 112 Å². The maximum Gasteiger partial charge on any atom is 1.00 e. The van der Waals surface area contributed by atoms with E-state index in [2.05, 4.69) is 0 Å². The molecule has 0 saturated heterocycles. The summed E-state index contributed by atoms with van der Waals surface area (Å²) < 4.78 is 0. The molecule has 0 aromatic carbocycles. The second kappa shape index (κ2) is 6.51. The van der Waals surface area contributed by atoms with Gasteiger partial charge in [-0.2, -0.15) is 0 Å². The number of nitrogens with one attached hydrogen (secondary N) is 1. The number of hydrogen-bond acceptors (Lipinski definition) is 2. The van der Waals surface area contributed by atoms with Gasteiger partial charge in [-0.25, -0.2) is 0 Å². The second-order valence-corrected chi connectivity index (χ2v) is 4.30. The zero-order valence-electron chi connectivity index (χ0n) is 9.34. The summed E-state index contributed by atoms with van der Waals surface area (Å²) in [6.45, 7) is 0. The van der Waals surface area contributed by atoms with Crippen molar-refractivity contribution in [3.05, 3.63) is 5.73 Å². The molecule has 3 N–H and O–H groups in total. The fourth-order valence-corrected chi connectivity index (χ4v) is 2.43. The first-order valence-electron chi connectivity index (χ1n) is 5.07. The predicted molar refractivity (Wildman–Crippen MR) is 53.3 cm³/mol. The van der Waals surface area contributed by atoms with Crippen molar-refractivity contribution in [2.45, 2.75) is 44.9 Å². The van der Waals surface area contributed by atoms with Gasteiger partial charge in [0.15, 0.2) is 0 Å². The summed E-state index contributed by atoms with van der Waals surface area (Å²) in [5.41, 5.74) is 11.9. The van der Waals surface area contributed by atoms with Crippen molar-refractivity contribution < 1.29 is 39.1 Å². The Kier molecular flexibility index (Phi) is 6.48. The third-order valence-electron chi connectivity index (χ3n) is 3.00. The summed E-state index contributed by atoms with van der Waals surface area (Å²) in [5, 5.41) is 0. The van der Waals surface area contributed by atoms with Gasteiger partial charge in [0.25, 0.3) is 0 Å². The standard InChI is InChI=1S/C10H18N2O2.Na/c11-8(13)6-10(7-9(12)14)4-2-1-3-5-10;/h1-7H2,(H4,11,12,13,14);/q;+1/p-1. The van der Waals surface area contributed by atoms with Crippen molar-refractivity contribution in [3.63, 3.8) is 0 Å². The van der Waals surface area contributed by atoms with E-state index in [0.29, 0.717) is 0 Å². The SMILES string of the molecule is [NH-]C(=O)CC1(CC(N)=O)CCCCC1.[Na+]. The van der Waals surface area contributed by atoms with Crippen LogP contribution in [0.15, 0.2) is 0 Å². The number of carbonyl (C=O) groups is 2. The largest absolute Gasteiger partial charge is 1.00 e. The Morgan fingerprint density at radius 1 is 1.13 bits per heavy atom. The molecular formula is C10H17N2NaO2. The normalized spacial score (nSPS) is 18.9. The van der Waals surface area contributed by atoms with Gasteiger partial charge in [0.2, 0.25) is 5.91 Å². The molecule has 2 amide bonds. The van der Waals surface area contributed by atoms with Crippen LogP contribution in [0.3, 0.4) is 0 Å². The summed E-state index contributed by atoms with van der Waals surface area (Å²) in [5.74, 6) is -0.929. The van der Waals surface area contributed by atoms with Gasteiger partial charge in [-0.1, -0.05) is 19.3 Å². The van der Waals surface area contributed by atoms with E-state index >= 15 is 0 Å². The minimum Gasteiger partial charge on any atom is -0.668 e. The minimum atomic E-state index is -0.576. The molecule has 0 aromatic rings. The van der Waals surface area contributed by atoms with E-state index in [-0.39, 0.29) is 53.7 Å². The van der Waals surface area contributed by atoms with Crippen LogP contribution in [-0.2, 0) is 9.59 Å². The van der Waals surface area contributed by atoms with Crippen LogP contribution in [0.4, 0.5) is 0 Å². The van der Waals surface area contributed by atoms with Gasteiger partial charge in [-0.05, 0) is 24.7 Å². The monoisotopic (exact) mass is 220 g/mol. The fraction of sp³-hybridized carbons (Fsp3) is 0.800. The van der Waals surface area contributed by atoms with E-state index in [4.69, 9.17) is 11.5 Å². The molecule has 80 valence electrons. The Hall–Kier alpha value is -0.0600. The van der Waals surface area contributed by atoms with E-state index in [9.17, 15) is 9.59 Å². The molecule has 4 nitrogen and oxygen atoms in total. The smallest absolute Gasteiger partial charge is 0.668 e. The summed E-state index contributed by atoms with van der Waals surface area (Å²) in [4.78, 5) is 21.7.